The lowest BCUT2D eigenvalue weighted by atomic mass is 9.86. The number of benzene rings is 1. The Balaban J connectivity index is 1.52. The van der Waals surface area contributed by atoms with Gasteiger partial charge in [0.15, 0.2) is 0 Å². The molecule has 31 heavy (non-hydrogen) atoms. The van der Waals surface area contributed by atoms with Crippen LogP contribution < -0.4 is 4.74 Å². The van der Waals surface area contributed by atoms with Crippen LogP contribution in [0.25, 0.3) is 0 Å². The SMILES string of the molecule is COc1ccc(Cn2cnc3c2C[C@@H](C(=O)O)N(C(=O)CC2CCCCC2)C3)cc1C. The van der Waals surface area contributed by atoms with Crippen molar-refractivity contribution in [1.29, 1.82) is 0 Å². The Morgan fingerprint density at radius 3 is 2.68 bits per heavy atom. The lowest BCUT2D eigenvalue weighted by Crippen LogP contribution is -2.49. The zero-order chi connectivity index (χ0) is 22.0. The molecule has 7 heteroatoms. The normalized spacial score (nSPS) is 19.2. The molecule has 1 aromatic carbocycles. The highest BCUT2D eigenvalue weighted by atomic mass is 16.5. The summed E-state index contributed by atoms with van der Waals surface area (Å²) in [5.41, 5.74) is 3.86. The first-order valence-electron chi connectivity index (χ1n) is 11.1. The average molecular weight is 426 g/mol. The fraction of sp³-hybridized carbons (Fsp3) is 0.542. The minimum atomic E-state index is -0.948. The molecule has 1 amide bonds. The van der Waals surface area contributed by atoms with E-state index in [2.05, 4.69) is 11.1 Å². The number of carboxylic acid groups (broad SMARTS) is 1. The lowest BCUT2D eigenvalue weighted by molar-refractivity contribution is -0.152. The number of carbonyl (C=O) groups is 2. The summed E-state index contributed by atoms with van der Waals surface area (Å²) in [7, 11) is 1.65. The van der Waals surface area contributed by atoms with E-state index in [9.17, 15) is 14.7 Å². The van der Waals surface area contributed by atoms with E-state index < -0.39 is 12.0 Å². The van der Waals surface area contributed by atoms with E-state index in [1.165, 1.54) is 24.2 Å². The number of fused-ring (bicyclic) bond motifs is 1. The van der Waals surface area contributed by atoms with Crippen LogP contribution in [0.15, 0.2) is 24.5 Å². The molecule has 1 saturated carbocycles. The number of aromatic nitrogens is 2. The highest BCUT2D eigenvalue weighted by Gasteiger charge is 2.37. The number of methoxy groups -OCH3 is 1. The van der Waals surface area contributed by atoms with Crippen LogP contribution in [-0.2, 0) is 29.1 Å². The number of ether oxygens (including phenoxy) is 1. The highest BCUT2D eigenvalue weighted by Crippen LogP contribution is 2.30. The van der Waals surface area contributed by atoms with Crippen molar-refractivity contribution in [2.24, 2.45) is 5.92 Å². The van der Waals surface area contributed by atoms with Crippen molar-refractivity contribution < 1.29 is 19.4 Å². The zero-order valence-corrected chi connectivity index (χ0v) is 18.3. The Bertz CT molecular complexity index is 962. The Hall–Kier alpha value is -2.83. The summed E-state index contributed by atoms with van der Waals surface area (Å²) >= 11 is 0. The van der Waals surface area contributed by atoms with Gasteiger partial charge in [0.2, 0.25) is 5.91 Å². The second kappa shape index (κ2) is 9.12. The summed E-state index contributed by atoms with van der Waals surface area (Å²) in [6, 6.07) is 5.19. The number of amides is 1. The van der Waals surface area contributed by atoms with E-state index in [0.29, 0.717) is 18.9 Å². The highest BCUT2D eigenvalue weighted by molar-refractivity contribution is 5.84. The number of hydrogen-bond acceptors (Lipinski definition) is 4. The maximum atomic E-state index is 13.0. The number of carboxylic acids is 1. The third-order valence-corrected chi connectivity index (χ3v) is 6.72. The molecular weight excluding hydrogens is 394 g/mol. The van der Waals surface area contributed by atoms with Crippen molar-refractivity contribution in [2.45, 2.75) is 71.0 Å². The van der Waals surface area contributed by atoms with Crippen LogP contribution in [0.3, 0.4) is 0 Å². The van der Waals surface area contributed by atoms with Gasteiger partial charge >= 0.3 is 5.97 Å². The van der Waals surface area contributed by atoms with Gasteiger partial charge in [-0.1, -0.05) is 31.4 Å². The van der Waals surface area contributed by atoms with E-state index in [0.717, 1.165) is 41.1 Å². The Labute approximate surface area is 183 Å². The van der Waals surface area contributed by atoms with Gasteiger partial charge in [-0.15, -0.1) is 0 Å². The molecular formula is C24H31N3O4. The van der Waals surface area contributed by atoms with E-state index >= 15 is 0 Å². The maximum Gasteiger partial charge on any atom is 0.326 e. The molecule has 0 unspecified atom stereocenters. The van der Waals surface area contributed by atoms with Crippen LogP contribution in [0.1, 0.15) is 61.0 Å². The molecule has 7 nitrogen and oxygen atoms in total. The van der Waals surface area contributed by atoms with Gasteiger partial charge in [-0.2, -0.15) is 0 Å². The molecule has 1 aliphatic carbocycles. The molecule has 0 saturated heterocycles. The maximum absolute atomic E-state index is 13.0. The Morgan fingerprint density at radius 1 is 1.23 bits per heavy atom. The van der Waals surface area contributed by atoms with Crippen LogP contribution in [0.5, 0.6) is 5.75 Å². The number of hydrogen-bond donors (Lipinski definition) is 1. The smallest absolute Gasteiger partial charge is 0.326 e. The second-order valence-electron chi connectivity index (χ2n) is 8.86. The molecule has 0 radical (unpaired) electrons. The summed E-state index contributed by atoms with van der Waals surface area (Å²) in [5, 5.41) is 9.86. The average Bonchev–Trinajstić information content (AvgIpc) is 3.15. The minimum Gasteiger partial charge on any atom is -0.496 e. The van der Waals surface area contributed by atoms with Crippen LogP contribution in [-0.4, -0.2) is 44.6 Å². The monoisotopic (exact) mass is 425 g/mol. The number of rotatable bonds is 6. The molecule has 1 fully saturated rings. The van der Waals surface area contributed by atoms with Crippen molar-refractivity contribution in [3.8, 4) is 5.75 Å². The molecule has 0 spiro atoms. The summed E-state index contributed by atoms with van der Waals surface area (Å²) in [5.74, 6) is 0.225. The van der Waals surface area contributed by atoms with Crippen molar-refractivity contribution in [2.75, 3.05) is 7.11 Å². The molecule has 1 N–H and O–H groups in total. The largest absolute Gasteiger partial charge is 0.496 e. The van der Waals surface area contributed by atoms with E-state index in [4.69, 9.17) is 4.74 Å². The Kier molecular flexibility index (Phi) is 6.30. The van der Waals surface area contributed by atoms with Crippen LogP contribution in [0.4, 0.5) is 0 Å². The number of aryl methyl sites for hydroxylation is 1. The van der Waals surface area contributed by atoms with Crippen LogP contribution >= 0.6 is 0 Å². The molecule has 166 valence electrons. The van der Waals surface area contributed by atoms with Gasteiger partial charge in [0, 0.05) is 25.1 Å². The fourth-order valence-electron chi connectivity index (χ4n) is 4.99. The molecule has 1 aliphatic heterocycles. The van der Waals surface area contributed by atoms with Gasteiger partial charge in [-0.25, -0.2) is 9.78 Å². The number of aliphatic carboxylic acids is 1. The first-order chi connectivity index (χ1) is 15.0. The van der Waals surface area contributed by atoms with Crippen molar-refractivity contribution in [3.05, 3.63) is 47.0 Å². The van der Waals surface area contributed by atoms with Gasteiger partial charge in [-0.3, -0.25) is 4.79 Å². The van der Waals surface area contributed by atoms with Gasteiger partial charge in [-0.05, 0) is 42.9 Å². The van der Waals surface area contributed by atoms with Crippen molar-refractivity contribution in [1.82, 2.24) is 14.5 Å². The standard InChI is InChI=1S/C24H31N3O4/c1-16-10-18(8-9-22(16)31-2)13-26-15-25-19-14-27(21(24(29)30)12-20(19)26)23(28)11-17-6-4-3-5-7-17/h8-10,15,17,21H,3-7,11-14H2,1-2H3,(H,29,30)/t21-/m0/s1. The summed E-state index contributed by atoms with van der Waals surface area (Å²) in [6.07, 6.45) is 8.20. The van der Waals surface area contributed by atoms with Gasteiger partial charge < -0.3 is 19.3 Å². The number of imidazole rings is 1. The summed E-state index contributed by atoms with van der Waals surface area (Å²) < 4.78 is 7.34. The molecule has 4 rings (SSSR count). The topological polar surface area (TPSA) is 84.7 Å². The minimum absolute atomic E-state index is 0.0507. The first kappa shape index (κ1) is 21.4. The zero-order valence-electron chi connectivity index (χ0n) is 18.3. The summed E-state index contributed by atoms with van der Waals surface area (Å²) in [4.78, 5) is 31.1. The molecule has 2 heterocycles. The van der Waals surface area contributed by atoms with Crippen molar-refractivity contribution >= 4 is 11.9 Å². The Morgan fingerprint density at radius 2 is 2.00 bits per heavy atom. The van der Waals surface area contributed by atoms with E-state index in [-0.39, 0.29) is 18.9 Å². The predicted octanol–water partition coefficient (Wildman–Crippen LogP) is 3.56. The third-order valence-electron chi connectivity index (χ3n) is 6.72. The van der Waals surface area contributed by atoms with E-state index in [1.54, 1.807) is 13.4 Å². The molecule has 2 aliphatic rings. The lowest BCUT2D eigenvalue weighted by Gasteiger charge is -2.34. The number of nitrogens with zero attached hydrogens (tertiary/aromatic N) is 3. The molecule has 1 aromatic heterocycles. The van der Waals surface area contributed by atoms with Gasteiger partial charge in [0.05, 0.1) is 25.7 Å². The van der Waals surface area contributed by atoms with E-state index in [1.807, 2.05) is 23.6 Å². The van der Waals surface area contributed by atoms with Crippen molar-refractivity contribution in [3.63, 3.8) is 0 Å². The predicted molar refractivity (Wildman–Crippen MR) is 116 cm³/mol. The third kappa shape index (κ3) is 4.60. The van der Waals surface area contributed by atoms with Crippen LogP contribution in [0, 0.1) is 12.8 Å². The van der Waals surface area contributed by atoms with Gasteiger partial charge in [0.1, 0.15) is 11.8 Å². The molecule has 0 bridgehead atoms. The number of carbonyl (C=O) groups excluding carboxylic acids is 1. The first-order valence-corrected chi connectivity index (χ1v) is 11.1. The van der Waals surface area contributed by atoms with Gasteiger partial charge in [0.25, 0.3) is 0 Å². The quantitative estimate of drug-likeness (QED) is 0.765. The molecule has 2 aromatic rings. The fourth-order valence-corrected chi connectivity index (χ4v) is 4.99. The summed E-state index contributed by atoms with van der Waals surface area (Å²) in [6.45, 7) is 2.88. The second-order valence-corrected chi connectivity index (χ2v) is 8.86. The molecule has 1 atom stereocenters. The van der Waals surface area contributed by atoms with Crippen LogP contribution in [0.2, 0.25) is 0 Å².